The largest absolute Gasteiger partial charge is 0.508 e. The van der Waals surface area contributed by atoms with Crippen LogP contribution in [0.5, 0.6) is 5.75 Å². The predicted octanol–water partition coefficient (Wildman–Crippen LogP) is -3.06. The predicted molar refractivity (Wildman–Crippen MR) is 197 cm³/mol. The van der Waals surface area contributed by atoms with Gasteiger partial charge in [0.15, 0.2) is 0 Å². The lowest BCUT2D eigenvalue weighted by atomic mass is 10.0. The first kappa shape index (κ1) is 40.4. The van der Waals surface area contributed by atoms with Crippen LogP contribution in [-0.4, -0.2) is 110 Å². The number of carbonyl (C=O) groups is 7. The van der Waals surface area contributed by atoms with E-state index in [2.05, 4.69) is 46.9 Å². The molecule has 0 saturated carbocycles. The molecule has 0 unspecified atom stereocenters. The number of nitrogens with zero attached hydrogens (tertiary/aromatic N) is 1. The molecule has 0 radical (unpaired) electrons. The van der Waals surface area contributed by atoms with Gasteiger partial charge in [0.25, 0.3) is 5.91 Å². The van der Waals surface area contributed by atoms with Crippen molar-refractivity contribution in [1.82, 2.24) is 52.3 Å². The number of nitrogens with one attached hydrogen (secondary N) is 9. The third-order valence-corrected chi connectivity index (χ3v) is 9.06. The van der Waals surface area contributed by atoms with Crippen LogP contribution >= 0.6 is 0 Å². The number of hydrogen-bond acceptors (Lipinski definition) is 11. The second-order valence-corrected chi connectivity index (χ2v) is 13.1. The number of aromatic nitrogens is 3. The van der Waals surface area contributed by atoms with Gasteiger partial charge in [0.1, 0.15) is 36.0 Å². The van der Waals surface area contributed by atoms with Gasteiger partial charge in [0.2, 0.25) is 35.4 Å². The number of nitrogens with two attached hydrogens (primary N) is 1. The van der Waals surface area contributed by atoms with Crippen LogP contribution in [0.15, 0.2) is 67.3 Å². The Kier molecular flexibility index (Phi) is 13.7. The lowest BCUT2D eigenvalue weighted by Crippen LogP contribution is -2.60. The van der Waals surface area contributed by atoms with Crippen molar-refractivity contribution in [3.05, 3.63) is 84.1 Å². The first-order chi connectivity index (χ1) is 26.9. The molecule has 13 N–H and O–H groups in total. The summed E-state index contributed by atoms with van der Waals surface area (Å²) in [6.45, 7) is -1.43. The minimum Gasteiger partial charge on any atom is -0.508 e. The molecule has 20 nitrogen and oxygen atoms in total. The number of amides is 7. The number of benzene rings is 2. The van der Waals surface area contributed by atoms with Crippen LogP contribution < -0.4 is 43.2 Å². The van der Waals surface area contributed by atoms with Gasteiger partial charge in [-0.25, -0.2) is 10.8 Å². The van der Waals surface area contributed by atoms with Gasteiger partial charge < -0.3 is 52.1 Å². The van der Waals surface area contributed by atoms with E-state index in [0.29, 0.717) is 16.8 Å². The second kappa shape index (κ2) is 19.0. The van der Waals surface area contributed by atoms with Crippen molar-refractivity contribution >= 4 is 52.3 Å². The average molecular weight is 774 g/mol. The monoisotopic (exact) mass is 773 g/mol. The fraction of sp³-hybridized carbons (Fsp3) is 0.333. The topological polar surface area (TPSA) is 315 Å². The van der Waals surface area contributed by atoms with E-state index in [1.807, 2.05) is 23.6 Å². The summed E-state index contributed by atoms with van der Waals surface area (Å²) in [7, 11) is 0. The number of phenolic OH excluding ortho intramolecular Hbond substituents is 1. The number of phenols is 1. The van der Waals surface area contributed by atoms with Crippen molar-refractivity contribution in [3.8, 4) is 5.75 Å². The molecular weight excluding hydrogens is 730 g/mol. The molecule has 5 rings (SSSR count). The molecule has 3 heterocycles. The van der Waals surface area contributed by atoms with Crippen molar-refractivity contribution in [1.29, 1.82) is 0 Å². The zero-order valence-corrected chi connectivity index (χ0v) is 30.0. The van der Waals surface area contributed by atoms with Crippen molar-refractivity contribution in [3.63, 3.8) is 0 Å². The van der Waals surface area contributed by atoms with Crippen LogP contribution in [0.25, 0.3) is 10.9 Å². The van der Waals surface area contributed by atoms with Crippen LogP contribution in [0.2, 0.25) is 0 Å². The van der Waals surface area contributed by atoms with E-state index in [1.54, 1.807) is 12.3 Å². The highest BCUT2D eigenvalue weighted by atomic mass is 16.3. The number of rotatable bonds is 18. The highest BCUT2D eigenvalue weighted by Gasteiger charge is 2.34. The third kappa shape index (κ3) is 10.9. The fourth-order valence-electron chi connectivity index (χ4n) is 6.07. The zero-order valence-electron chi connectivity index (χ0n) is 30.0. The molecule has 1 saturated heterocycles. The second-order valence-electron chi connectivity index (χ2n) is 13.1. The van der Waals surface area contributed by atoms with Crippen molar-refractivity contribution in [2.45, 2.75) is 62.3 Å². The van der Waals surface area contributed by atoms with Crippen LogP contribution in [0, 0.1) is 0 Å². The summed E-state index contributed by atoms with van der Waals surface area (Å²) in [5, 5.41) is 35.9. The lowest BCUT2D eigenvalue weighted by Gasteiger charge is -2.26. The van der Waals surface area contributed by atoms with Gasteiger partial charge >= 0.3 is 0 Å². The van der Waals surface area contributed by atoms with Gasteiger partial charge in [-0.3, -0.25) is 39.0 Å². The maximum Gasteiger partial charge on any atom is 0.253 e. The van der Waals surface area contributed by atoms with E-state index in [-0.39, 0.29) is 43.8 Å². The van der Waals surface area contributed by atoms with Gasteiger partial charge in [-0.1, -0.05) is 30.3 Å². The molecule has 0 spiro atoms. The molecule has 5 atom stereocenters. The minimum atomic E-state index is -1.63. The van der Waals surface area contributed by atoms with Gasteiger partial charge in [-0.2, -0.15) is 0 Å². The molecule has 0 aliphatic carbocycles. The van der Waals surface area contributed by atoms with Crippen molar-refractivity contribution in [2.24, 2.45) is 5.84 Å². The van der Waals surface area contributed by atoms with Gasteiger partial charge in [0, 0.05) is 54.7 Å². The number of aliphatic hydroxyl groups excluding tert-OH is 1. The molecular formula is C36H43N11O9. The van der Waals surface area contributed by atoms with Crippen LogP contribution in [0.4, 0.5) is 0 Å². The number of H-pyrrole nitrogens is 2. The van der Waals surface area contributed by atoms with E-state index in [1.165, 1.54) is 36.8 Å². The Bertz CT molecular complexity index is 2030. The number of hydrazine groups is 1. The summed E-state index contributed by atoms with van der Waals surface area (Å²) in [5.41, 5.74) is 4.26. The standard InChI is InChI=1S/C36H43N11O9/c37-47-31(51)16-40-32(52)26(11-19-5-7-22(49)8-6-19)43-36(56)29(17-48)46-34(54)27(12-20-14-39-24-4-2-1-3-23(20)24)44-35(55)28(13-21-15-38-18-41-21)45-33(53)25-9-10-30(50)42-25/h1-8,14-15,18,25-29,39,48-49H,9-13,16-17,37H2,(H,38,41)(H,40,52)(H,42,50)(H,43,56)(H,44,55)(H,45,53)(H,46,54)(H,47,51)/t25-,26-,27-,28-,29-/m0/s1. The molecule has 296 valence electrons. The Labute approximate surface area is 319 Å². The van der Waals surface area contributed by atoms with Crippen LogP contribution in [0.3, 0.4) is 0 Å². The molecule has 0 bridgehead atoms. The minimum absolute atomic E-state index is 0.0342. The molecule has 56 heavy (non-hydrogen) atoms. The normalized spacial score (nSPS) is 15.8. The average Bonchev–Trinajstić information content (AvgIpc) is 3.97. The van der Waals surface area contributed by atoms with Gasteiger partial charge in [-0.15, -0.1) is 0 Å². The Morgan fingerprint density at radius 3 is 2.12 bits per heavy atom. The molecule has 1 fully saturated rings. The number of aromatic amines is 2. The van der Waals surface area contributed by atoms with E-state index in [0.717, 1.165) is 10.9 Å². The number of hydrogen-bond donors (Lipinski definition) is 12. The maximum atomic E-state index is 14.0. The summed E-state index contributed by atoms with van der Waals surface area (Å²) < 4.78 is 0. The molecule has 2 aromatic heterocycles. The Hall–Kier alpha value is -6.80. The number of aromatic hydroxyl groups is 1. The summed E-state index contributed by atoms with van der Waals surface area (Å²) in [5.74, 6) is 0.0468. The maximum absolute atomic E-state index is 14.0. The number of imidazole rings is 1. The molecule has 1 aliphatic rings. The third-order valence-electron chi connectivity index (χ3n) is 9.06. The van der Waals surface area contributed by atoms with Crippen molar-refractivity contribution in [2.75, 3.05) is 13.2 Å². The zero-order chi connectivity index (χ0) is 40.2. The SMILES string of the molecule is NNC(=O)CNC(=O)[C@H](Cc1ccc(O)cc1)NC(=O)[C@H](CO)NC(=O)[C@H](Cc1c[nH]c2ccccc12)NC(=O)[C@H](Cc1cnc[nH]1)NC(=O)[C@@H]1CCC(=O)N1. The number of aliphatic hydroxyl groups is 1. The highest BCUT2D eigenvalue weighted by Crippen LogP contribution is 2.20. The number of carbonyl (C=O) groups excluding carboxylic acids is 7. The van der Waals surface area contributed by atoms with Gasteiger partial charge in [-0.05, 0) is 35.7 Å². The van der Waals surface area contributed by atoms with E-state index >= 15 is 0 Å². The quantitative estimate of drug-likeness (QED) is 0.0274. The number of fused-ring (bicyclic) bond motifs is 1. The summed E-state index contributed by atoms with van der Waals surface area (Å²) >= 11 is 0. The Morgan fingerprint density at radius 1 is 0.821 bits per heavy atom. The molecule has 1 aliphatic heterocycles. The van der Waals surface area contributed by atoms with E-state index in [9.17, 15) is 43.8 Å². The highest BCUT2D eigenvalue weighted by molar-refractivity contribution is 5.98. The van der Waals surface area contributed by atoms with Crippen LogP contribution in [-0.2, 0) is 52.8 Å². The molecule has 7 amide bonds. The van der Waals surface area contributed by atoms with Crippen molar-refractivity contribution < 1.29 is 43.8 Å². The first-order valence-electron chi connectivity index (χ1n) is 17.6. The van der Waals surface area contributed by atoms with E-state index < -0.39 is 78.8 Å². The molecule has 20 heteroatoms. The van der Waals surface area contributed by atoms with Crippen LogP contribution in [0.1, 0.15) is 29.7 Å². The summed E-state index contributed by atoms with van der Waals surface area (Å²) in [4.78, 5) is 101. The number of para-hydroxylation sites is 1. The summed E-state index contributed by atoms with van der Waals surface area (Å²) in [6, 6.07) is 6.63. The fourth-order valence-corrected chi connectivity index (χ4v) is 6.07. The van der Waals surface area contributed by atoms with Gasteiger partial charge in [0.05, 0.1) is 19.5 Å². The molecule has 2 aromatic carbocycles. The Balaban J connectivity index is 1.36. The van der Waals surface area contributed by atoms with E-state index in [4.69, 9.17) is 5.84 Å². The smallest absolute Gasteiger partial charge is 0.253 e. The first-order valence-corrected chi connectivity index (χ1v) is 17.6. The molecule has 4 aromatic rings. The lowest BCUT2D eigenvalue weighted by molar-refractivity contribution is -0.135. The Morgan fingerprint density at radius 2 is 1.48 bits per heavy atom. The summed E-state index contributed by atoms with van der Waals surface area (Å²) in [6.07, 6.45) is 4.64.